The first-order chi connectivity index (χ1) is 9.33. The van der Waals surface area contributed by atoms with E-state index in [-0.39, 0.29) is 17.8 Å². The maximum atomic E-state index is 11.8. The van der Waals surface area contributed by atoms with Gasteiger partial charge in [0.2, 0.25) is 5.89 Å². The van der Waals surface area contributed by atoms with Crippen LogP contribution in [-0.4, -0.2) is 29.1 Å². The van der Waals surface area contributed by atoms with Gasteiger partial charge in [0.15, 0.2) is 0 Å². The minimum absolute atomic E-state index is 0.115. The van der Waals surface area contributed by atoms with E-state index in [1.54, 1.807) is 0 Å². The molecule has 1 aromatic rings. The third kappa shape index (κ3) is 3.32. The maximum absolute atomic E-state index is 11.8. The summed E-state index contributed by atoms with van der Waals surface area (Å²) in [5.74, 6) is 1.35. The molecule has 0 aromatic carbocycles. The van der Waals surface area contributed by atoms with Crippen LogP contribution < -0.4 is 10.6 Å². The van der Waals surface area contributed by atoms with Gasteiger partial charge < -0.3 is 15.2 Å². The van der Waals surface area contributed by atoms with Gasteiger partial charge in [0.1, 0.15) is 0 Å². The van der Waals surface area contributed by atoms with Crippen molar-refractivity contribution in [1.82, 2.24) is 20.8 Å². The number of nitrogens with zero attached hydrogens (tertiary/aromatic N) is 2. The summed E-state index contributed by atoms with van der Waals surface area (Å²) in [4.78, 5) is 16.0. The Labute approximate surface area is 112 Å². The van der Waals surface area contributed by atoms with Crippen molar-refractivity contribution in [2.24, 2.45) is 5.92 Å². The number of amides is 1. The fraction of sp³-hybridized carbons (Fsp3) is 0.769. The second-order valence-electron chi connectivity index (χ2n) is 5.45. The van der Waals surface area contributed by atoms with Gasteiger partial charge in [-0.3, -0.25) is 4.79 Å². The van der Waals surface area contributed by atoms with Gasteiger partial charge in [-0.05, 0) is 38.1 Å². The number of nitrogens with one attached hydrogen (secondary N) is 2. The number of hydrogen-bond donors (Lipinski definition) is 2. The van der Waals surface area contributed by atoms with Gasteiger partial charge in [-0.15, -0.1) is 0 Å². The smallest absolute Gasteiger partial charge is 0.292 e. The predicted octanol–water partition coefficient (Wildman–Crippen LogP) is 1.41. The van der Waals surface area contributed by atoms with Gasteiger partial charge >= 0.3 is 0 Å². The van der Waals surface area contributed by atoms with E-state index in [1.165, 1.54) is 19.3 Å². The van der Waals surface area contributed by atoms with Crippen LogP contribution in [0.5, 0.6) is 0 Å². The minimum atomic E-state index is -0.233. The molecule has 2 aliphatic rings. The fourth-order valence-corrected chi connectivity index (χ4v) is 2.44. The minimum Gasteiger partial charge on any atom is -0.349 e. The zero-order chi connectivity index (χ0) is 13.1. The average molecular weight is 264 g/mol. The second kappa shape index (κ2) is 5.69. The van der Waals surface area contributed by atoms with Gasteiger partial charge in [0.25, 0.3) is 11.7 Å². The van der Waals surface area contributed by atoms with Crippen LogP contribution in [0.4, 0.5) is 0 Å². The lowest BCUT2D eigenvalue weighted by molar-refractivity contribution is 0.0939. The highest BCUT2D eigenvalue weighted by atomic mass is 16.5. The third-order valence-electron chi connectivity index (χ3n) is 3.77. The van der Waals surface area contributed by atoms with E-state index in [9.17, 15) is 4.79 Å². The third-order valence-corrected chi connectivity index (χ3v) is 3.77. The molecule has 19 heavy (non-hydrogen) atoms. The van der Waals surface area contributed by atoms with Gasteiger partial charge in [-0.1, -0.05) is 18.0 Å². The summed E-state index contributed by atoms with van der Waals surface area (Å²) >= 11 is 0. The molecule has 1 aliphatic carbocycles. The van der Waals surface area contributed by atoms with Crippen molar-refractivity contribution in [1.29, 1.82) is 0 Å². The molecular weight excluding hydrogens is 244 g/mol. The molecule has 2 N–H and O–H groups in total. The topological polar surface area (TPSA) is 80.0 Å². The summed E-state index contributed by atoms with van der Waals surface area (Å²) in [6, 6.07) is 0.115. The zero-order valence-electron chi connectivity index (χ0n) is 11.0. The SMILES string of the molecule is O=C(NCCCC1CC1)c1noc(C2CCCN2)n1. The quantitative estimate of drug-likeness (QED) is 0.759. The Morgan fingerprint density at radius 1 is 1.42 bits per heavy atom. The summed E-state index contributed by atoms with van der Waals surface area (Å²) in [6.07, 6.45) is 7.06. The van der Waals surface area contributed by atoms with Crippen LogP contribution in [0.2, 0.25) is 0 Å². The van der Waals surface area contributed by atoms with Crippen molar-refractivity contribution in [3.8, 4) is 0 Å². The molecule has 3 rings (SSSR count). The van der Waals surface area contributed by atoms with Gasteiger partial charge in [-0.2, -0.15) is 4.98 Å². The Morgan fingerprint density at radius 2 is 2.32 bits per heavy atom. The first-order valence-electron chi connectivity index (χ1n) is 7.18. The number of aromatic nitrogens is 2. The van der Waals surface area contributed by atoms with Crippen molar-refractivity contribution < 1.29 is 9.32 Å². The highest BCUT2D eigenvalue weighted by Gasteiger charge is 2.24. The first-order valence-corrected chi connectivity index (χ1v) is 7.18. The van der Waals surface area contributed by atoms with Crippen molar-refractivity contribution in [3.05, 3.63) is 11.7 Å². The van der Waals surface area contributed by atoms with Crippen molar-refractivity contribution >= 4 is 5.91 Å². The summed E-state index contributed by atoms with van der Waals surface area (Å²) in [7, 11) is 0. The predicted molar refractivity (Wildman–Crippen MR) is 68.6 cm³/mol. The monoisotopic (exact) mass is 264 g/mol. The normalized spacial score (nSPS) is 22.6. The van der Waals surface area contributed by atoms with E-state index in [0.717, 1.165) is 31.7 Å². The van der Waals surface area contributed by atoms with Gasteiger partial charge in [-0.25, -0.2) is 0 Å². The van der Waals surface area contributed by atoms with Gasteiger partial charge in [0.05, 0.1) is 6.04 Å². The number of rotatable bonds is 6. The van der Waals surface area contributed by atoms with E-state index in [0.29, 0.717) is 12.4 Å². The number of carbonyl (C=O) groups excluding carboxylic acids is 1. The average Bonchev–Trinajstić information content (AvgIpc) is 2.93. The Hall–Kier alpha value is -1.43. The summed E-state index contributed by atoms with van der Waals surface area (Å²) < 4.78 is 5.14. The molecular formula is C13H20N4O2. The molecule has 0 radical (unpaired) electrons. The van der Waals surface area contributed by atoms with Crippen molar-refractivity contribution in [3.63, 3.8) is 0 Å². The summed E-state index contributed by atoms with van der Waals surface area (Å²) in [6.45, 7) is 1.66. The fourth-order valence-electron chi connectivity index (χ4n) is 2.44. The molecule has 1 saturated carbocycles. The molecule has 0 spiro atoms. The van der Waals surface area contributed by atoms with Crippen LogP contribution in [0.25, 0.3) is 0 Å². The highest BCUT2D eigenvalue weighted by molar-refractivity contribution is 5.90. The standard InChI is InChI=1S/C13H20N4O2/c18-12(15-8-1-3-9-5-6-9)11-16-13(19-17-11)10-4-2-7-14-10/h9-10,14H,1-8H2,(H,15,18). The van der Waals surface area contributed by atoms with E-state index < -0.39 is 0 Å². The highest BCUT2D eigenvalue weighted by Crippen LogP contribution is 2.33. The van der Waals surface area contributed by atoms with E-state index in [1.807, 2.05) is 0 Å². The van der Waals surface area contributed by atoms with E-state index in [4.69, 9.17) is 4.52 Å². The molecule has 2 heterocycles. The molecule has 1 aromatic heterocycles. The number of carbonyl (C=O) groups is 1. The molecule has 1 saturated heterocycles. The molecule has 2 fully saturated rings. The van der Waals surface area contributed by atoms with Gasteiger partial charge in [0, 0.05) is 6.54 Å². The molecule has 1 amide bonds. The van der Waals surface area contributed by atoms with Crippen LogP contribution in [-0.2, 0) is 0 Å². The van der Waals surface area contributed by atoms with Crippen LogP contribution in [0.1, 0.15) is 61.1 Å². The lowest BCUT2D eigenvalue weighted by Crippen LogP contribution is -2.25. The van der Waals surface area contributed by atoms with E-state index >= 15 is 0 Å². The van der Waals surface area contributed by atoms with Crippen molar-refractivity contribution in [2.45, 2.75) is 44.6 Å². The molecule has 104 valence electrons. The summed E-state index contributed by atoms with van der Waals surface area (Å²) in [5, 5.41) is 9.86. The molecule has 6 nitrogen and oxygen atoms in total. The Kier molecular flexibility index (Phi) is 3.77. The lowest BCUT2D eigenvalue weighted by Gasteiger charge is -2.02. The second-order valence-corrected chi connectivity index (χ2v) is 5.45. The summed E-state index contributed by atoms with van der Waals surface area (Å²) in [5.41, 5.74) is 0. The van der Waals surface area contributed by atoms with Crippen LogP contribution in [0, 0.1) is 5.92 Å². The molecule has 1 atom stereocenters. The Morgan fingerprint density at radius 3 is 3.05 bits per heavy atom. The van der Waals surface area contributed by atoms with Crippen molar-refractivity contribution in [2.75, 3.05) is 13.1 Å². The van der Waals surface area contributed by atoms with Crippen LogP contribution in [0.3, 0.4) is 0 Å². The Balaban J connectivity index is 1.45. The van der Waals surface area contributed by atoms with Crippen LogP contribution >= 0.6 is 0 Å². The Bertz CT molecular complexity index is 436. The zero-order valence-corrected chi connectivity index (χ0v) is 11.0. The molecule has 6 heteroatoms. The first kappa shape index (κ1) is 12.6. The maximum Gasteiger partial charge on any atom is 0.292 e. The molecule has 1 unspecified atom stereocenters. The lowest BCUT2D eigenvalue weighted by atomic mass is 10.2. The molecule has 1 aliphatic heterocycles. The number of hydrogen-bond acceptors (Lipinski definition) is 5. The van der Waals surface area contributed by atoms with Crippen LogP contribution in [0.15, 0.2) is 4.52 Å². The van der Waals surface area contributed by atoms with E-state index in [2.05, 4.69) is 20.8 Å². The largest absolute Gasteiger partial charge is 0.349 e. The molecule has 0 bridgehead atoms.